The van der Waals surface area contributed by atoms with Crippen molar-refractivity contribution in [2.24, 2.45) is 5.73 Å². The molecule has 1 aliphatic rings. The smallest absolute Gasteiger partial charge is 0.0651 e. The van der Waals surface area contributed by atoms with Gasteiger partial charge >= 0.3 is 0 Å². The number of aromatic nitrogens is 2. The van der Waals surface area contributed by atoms with Crippen LogP contribution in [0.15, 0.2) is 36.5 Å². The van der Waals surface area contributed by atoms with Crippen LogP contribution in [-0.4, -0.2) is 15.3 Å². The van der Waals surface area contributed by atoms with E-state index in [1.54, 1.807) is 0 Å². The molecule has 2 aromatic rings. The molecule has 1 saturated carbocycles. The van der Waals surface area contributed by atoms with Crippen molar-refractivity contribution in [2.75, 3.05) is 0 Å². The first-order valence-corrected chi connectivity index (χ1v) is 6.95. The summed E-state index contributed by atoms with van der Waals surface area (Å²) in [4.78, 5) is 0. The molecule has 0 atom stereocenters. The number of benzene rings is 1. The van der Waals surface area contributed by atoms with Gasteiger partial charge in [-0.1, -0.05) is 12.1 Å². The van der Waals surface area contributed by atoms with Crippen molar-refractivity contribution in [2.45, 2.75) is 44.6 Å². The van der Waals surface area contributed by atoms with Gasteiger partial charge in [0.2, 0.25) is 0 Å². The van der Waals surface area contributed by atoms with Crippen LogP contribution in [0, 0.1) is 0 Å². The molecule has 100 valence electrons. The Morgan fingerprint density at radius 1 is 1.32 bits per heavy atom. The highest BCUT2D eigenvalue weighted by Gasteiger charge is 2.27. The highest BCUT2D eigenvalue weighted by Crippen LogP contribution is 2.40. The average Bonchev–Trinajstić information content (AvgIpc) is 3.05. The molecule has 1 aromatic heterocycles. The van der Waals surface area contributed by atoms with E-state index in [0.717, 1.165) is 12.1 Å². The molecule has 1 heterocycles. The van der Waals surface area contributed by atoms with Crippen LogP contribution in [0.1, 0.15) is 43.9 Å². The molecule has 0 amide bonds. The van der Waals surface area contributed by atoms with Crippen LogP contribution in [0.2, 0.25) is 0 Å². The Kier molecular flexibility index (Phi) is 2.94. The van der Waals surface area contributed by atoms with E-state index in [0.29, 0.717) is 5.92 Å². The van der Waals surface area contributed by atoms with Crippen molar-refractivity contribution < 1.29 is 0 Å². The van der Waals surface area contributed by atoms with E-state index in [1.807, 2.05) is 6.20 Å². The van der Waals surface area contributed by atoms with Crippen molar-refractivity contribution in [3.63, 3.8) is 0 Å². The topological polar surface area (TPSA) is 43.8 Å². The van der Waals surface area contributed by atoms with Crippen LogP contribution in [-0.2, 0) is 6.42 Å². The molecule has 0 radical (unpaired) electrons. The van der Waals surface area contributed by atoms with Gasteiger partial charge in [-0.3, -0.25) is 0 Å². The molecule has 19 heavy (non-hydrogen) atoms. The van der Waals surface area contributed by atoms with Crippen molar-refractivity contribution in [3.05, 3.63) is 47.8 Å². The first kappa shape index (κ1) is 12.4. The summed E-state index contributed by atoms with van der Waals surface area (Å²) in [5.41, 5.74) is 9.67. The second-order valence-corrected chi connectivity index (χ2v) is 6.28. The summed E-state index contributed by atoms with van der Waals surface area (Å²) in [6.07, 6.45) is 5.36. The zero-order chi connectivity index (χ0) is 13.5. The highest BCUT2D eigenvalue weighted by atomic mass is 15.3. The lowest BCUT2D eigenvalue weighted by atomic mass is 9.96. The molecule has 1 fully saturated rings. The minimum Gasteiger partial charge on any atom is -0.325 e. The van der Waals surface area contributed by atoms with Gasteiger partial charge in [0.05, 0.1) is 5.69 Å². The Bertz CT molecular complexity index is 574. The lowest BCUT2D eigenvalue weighted by Gasteiger charge is -2.19. The van der Waals surface area contributed by atoms with E-state index >= 15 is 0 Å². The summed E-state index contributed by atoms with van der Waals surface area (Å²) in [7, 11) is 0. The van der Waals surface area contributed by atoms with E-state index in [-0.39, 0.29) is 5.54 Å². The summed E-state index contributed by atoms with van der Waals surface area (Å²) in [6, 6.07) is 10.7. The summed E-state index contributed by atoms with van der Waals surface area (Å²) in [5.74, 6) is 0.706. The average molecular weight is 255 g/mol. The van der Waals surface area contributed by atoms with Gasteiger partial charge in [-0.2, -0.15) is 5.10 Å². The molecule has 3 nitrogen and oxygen atoms in total. The molecule has 2 N–H and O–H groups in total. The quantitative estimate of drug-likeness (QED) is 0.912. The predicted octanol–water partition coefficient (Wildman–Crippen LogP) is 3.03. The first-order chi connectivity index (χ1) is 9.03. The van der Waals surface area contributed by atoms with E-state index in [4.69, 9.17) is 5.73 Å². The Balaban J connectivity index is 1.92. The van der Waals surface area contributed by atoms with Gasteiger partial charge in [0.25, 0.3) is 0 Å². The fourth-order valence-corrected chi connectivity index (χ4v) is 2.54. The molecular weight excluding hydrogens is 234 g/mol. The highest BCUT2D eigenvalue weighted by molar-refractivity contribution is 5.38. The van der Waals surface area contributed by atoms with Crippen LogP contribution in [0.4, 0.5) is 0 Å². The van der Waals surface area contributed by atoms with Crippen molar-refractivity contribution in [1.29, 1.82) is 0 Å². The van der Waals surface area contributed by atoms with E-state index in [9.17, 15) is 0 Å². The van der Waals surface area contributed by atoms with Gasteiger partial charge in [0.1, 0.15) is 0 Å². The van der Waals surface area contributed by atoms with Gasteiger partial charge in [-0.25, -0.2) is 4.68 Å². The van der Waals surface area contributed by atoms with Crippen molar-refractivity contribution in [1.82, 2.24) is 9.78 Å². The molecule has 0 saturated heterocycles. The number of nitrogens with two attached hydrogens (primary N) is 1. The fraction of sp³-hybridized carbons (Fsp3) is 0.438. The normalized spacial score (nSPS) is 15.7. The lowest BCUT2D eigenvalue weighted by Crippen LogP contribution is -2.34. The molecule has 3 heteroatoms. The lowest BCUT2D eigenvalue weighted by molar-refractivity contribution is 0.516. The Morgan fingerprint density at radius 3 is 2.79 bits per heavy atom. The minimum atomic E-state index is -0.179. The molecule has 0 spiro atoms. The molecule has 0 bridgehead atoms. The molecular formula is C16H21N3. The monoisotopic (exact) mass is 255 g/mol. The summed E-state index contributed by atoms with van der Waals surface area (Å²) >= 11 is 0. The largest absolute Gasteiger partial charge is 0.325 e. The van der Waals surface area contributed by atoms with E-state index in [1.165, 1.54) is 24.1 Å². The first-order valence-electron chi connectivity index (χ1n) is 6.95. The van der Waals surface area contributed by atoms with Crippen molar-refractivity contribution >= 4 is 0 Å². The van der Waals surface area contributed by atoms with Crippen LogP contribution < -0.4 is 5.73 Å². The SMILES string of the molecule is CC(C)(N)Cc1cccc(-n2nccc2C2CC2)c1. The molecule has 1 aromatic carbocycles. The number of nitrogens with zero attached hydrogens (tertiary/aromatic N) is 2. The Labute approximate surface area is 114 Å². The van der Waals surface area contributed by atoms with Gasteiger partial charge in [-0.15, -0.1) is 0 Å². The Hall–Kier alpha value is -1.61. The van der Waals surface area contributed by atoms with Gasteiger partial charge in [0, 0.05) is 23.3 Å². The second kappa shape index (κ2) is 4.49. The number of rotatable bonds is 4. The van der Waals surface area contributed by atoms with Gasteiger partial charge in [0.15, 0.2) is 0 Å². The van der Waals surface area contributed by atoms with E-state index in [2.05, 4.69) is 54.0 Å². The third-order valence-corrected chi connectivity index (χ3v) is 3.48. The molecule has 0 aliphatic heterocycles. The summed E-state index contributed by atoms with van der Waals surface area (Å²) in [6.45, 7) is 4.12. The van der Waals surface area contributed by atoms with E-state index < -0.39 is 0 Å². The Morgan fingerprint density at radius 2 is 2.11 bits per heavy atom. The zero-order valence-corrected chi connectivity index (χ0v) is 11.6. The number of hydrogen-bond donors (Lipinski definition) is 1. The van der Waals surface area contributed by atoms with Crippen LogP contribution in [0.25, 0.3) is 5.69 Å². The van der Waals surface area contributed by atoms with Crippen molar-refractivity contribution in [3.8, 4) is 5.69 Å². The molecule has 3 rings (SSSR count). The molecule has 1 aliphatic carbocycles. The molecule has 0 unspecified atom stereocenters. The second-order valence-electron chi connectivity index (χ2n) is 6.28. The maximum atomic E-state index is 6.10. The maximum absolute atomic E-state index is 6.10. The third kappa shape index (κ3) is 2.87. The van der Waals surface area contributed by atoms with Gasteiger partial charge in [-0.05, 0) is 56.9 Å². The predicted molar refractivity (Wildman–Crippen MR) is 77.5 cm³/mol. The van der Waals surface area contributed by atoms with Crippen LogP contribution >= 0.6 is 0 Å². The summed E-state index contributed by atoms with van der Waals surface area (Å²) in [5, 5.41) is 4.47. The fourth-order valence-electron chi connectivity index (χ4n) is 2.54. The van der Waals surface area contributed by atoms with Crippen LogP contribution in [0.5, 0.6) is 0 Å². The number of hydrogen-bond acceptors (Lipinski definition) is 2. The van der Waals surface area contributed by atoms with Gasteiger partial charge < -0.3 is 5.73 Å². The van der Waals surface area contributed by atoms with Crippen LogP contribution in [0.3, 0.4) is 0 Å². The zero-order valence-electron chi connectivity index (χ0n) is 11.6. The summed E-state index contributed by atoms with van der Waals surface area (Å²) < 4.78 is 2.07. The third-order valence-electron chi connectivity index (χ3n) is 3.48. The standard InChI is InChI=1S/C16H21N3/c1-16(2,17)11-12-4-3-5-14(10-12)19-15(8-9-18-19)13-6-7-13/h3-5,8-10,13H,6-7,11,17H2,1-2H3. The minimum absolute atomic E-state index is 0.179. The maximum Gasteiger partial charge on any atom is 0.0651 e.